The molecule has 0 aliphatic heterocycles. The molecule has 6 nitrogen and oxygen atoms in total. The normalized spacial score (nSPS) is 12.1. The number of fused-ring (bicyclic) bond motifs is 1. The number of carbonyl (C=O) groups excluding carboxylic acids is 1. The van der Waals surface area contributed by atoms with Crippen molar-refractivity contribution in [2.45, 2.75) is 30.3 Å². The third-order valence-electron chi connectivity index (χ3n) is 4.58. The van der Waals surface area contributed by atoms with Gasteiger partial charge >= 0.3 is 0 Å². The van der Waals surface area contributed by atoms with Gasteiger partial charge in [-0.25, -0.2) is 4.98 Å². The maximum atomic E-state index is 13.0. The molecule has 152 valence electrons. The standard InChI is InChI=1S/C22H24N2O4S/c1-15(20(25)16-9-11-17(28-3)12-10-16)29-22-23-19-8-5-4-7-18(19)21(26)24(22)13-6-14-27-2/h4-5,7-12,15H,6,13-14H2,1-3H3/t15-/m1/s1. The number of nitrogens with zero attached hydrogens (tertiary/aromatic N) is 2. The summed E-state index contributed by atoms with van der Waals surface area (Å²) in [5.74, 6) is 0.675. The maximum Gasteiger partial charge on any atom is 0.262 e. The zero-order valence-electron chi connectivity index (χ0n) is 16.8. The Morgan fingerprint density at radius 2 is 1.86 bits per heavy atom. The molecule has 0 amide bonds. The molecule has 0 bridgehead atoms. The molecule has 1 heterocycles. The molecule has 0 saturated heterocycles. The smallest absolute Gasteiger partial charge is 0.262 e. The Balaban J connectivity index is 1.91. The Morgan fingerprint density at radius 1 is 1.14 bits per heavy atom. The van der Waals surface area contributed by atoms with Crippen molar-refractivity contribution in [2.24, 2.45) is 0 Å². The quantitative estimate of drug-likeness (QED) is 0.230. The zero-order chi connectivity index (χ0) is 20.8. The lowest BCUT2D eigenvalue weighted by Crippen LogP contribution is -2.25. The minimum absolute atomic E-state index is 0.0245. The number of benzene rings is 2. The SMILES string of the molecule is COCCCn1c(S[C@H](C)C(=O)c2ccc(OC)cc2)nc2ccccc2c1=O. The van der Waals surface area contributed by atoms with E-state index in [2.05, 4.69) is 4.98 Å². The minimum Gasteiger partial charge on any atom is -0.497 e. The first-order chi connectivity index (χ1) is 14.0. The van der Waals surface area contributed by atoms with Crippen LogP contribution in [0.2, 0.25) is 0 Å². The van der Waals surface area contributed by atoms with E-state index in [1.54, 1.807) is 49.1 Å². The molecular formula is C22H24N2O4S. The molecule has 1 atom stereocenters. The summed E-state index contributed by atoms with van der Waals surface area (Å²) in [6.45, 7) is 2.86. The van der Waals surface area contributed by atoms with Gasteiger partial charge in [0.1, 0.15) is 5.75 Å². The Morgan fingerprint density at radius 3 is 2.55 bits per heavy atom. The number of aromatic nitrogens is 2. The largest absolute Gasteiger partial charge is 0.497 e. The van der Waals surface area contributed by atoms with Crippen molar-refractivity contribution in [1.29, 1.82) is 0 Å². The van der Waals surface area contributed by atoms with E-state index in [1.807, 2.05) is 25.1 Å². The Labute approximate surface area is 173 Å². The number of rotatable bonds is 9. The van der Waals surface area contributed by atoms with E-state index in [9.17, 15) is 9.59 Å². The Hall–Kier alpha value is -2.64. The van der Waals surface area contributed by atoms with Gasteiger partial charge < -0.3 is 9.47 Å². The van der Waals surface area contributed by atoms with Gasteiger partial charge in [-0.2, -0.15) is 0 Å². The van der Waals surface area contributed by atoms with Crippen LogP contribution in [0.1, 0.15) is 23.7 Å². The third kappa shape index (κ3) is 4.86. The molecule has 1 aromatic heterocycles. The highest BCUT2D eigenvalue weighted by atomic mass is 32.2. The number of hydrogen-bond donors (Lipinski definition) is 0. The summed E-state index contributed by atoms with van der Waals surface area (Å²) in [6.07, 6.45) is 0.685. The van der Waals surface area contributed by atoms with Gasteiger partial charge in [0.15, 0.2) is 10.9 Å². The number of thioether (sulfide) groups is 1. The molecule has 3 aromatic rings. The molecule has 0 aliphatic rings. The molecule has 29 heavy (non-hydrogen) atoms. The van der Waals surface area contributed by atoms with E-state index < -0.39 is 5.25 Å². The van der Waals surface area contributed by atoms with Gasteiger partial charge in [-0.1, -0.05) is 23.9 Å². The highest BCUT2D eigenvalue weighted by Crippen LogP contribution is 2.26. The summed E-state index contributed by atoms with van der Waals surface area (Å²) in [6, 6.07) is 14.3. The number of carbonyl (C=O) groups is 1. The number of para-hydroxylation sites is 1. The summed E-state index contributed by atoms with van der Waals surface area (Å²) in [7, 11) is 3.22. The van der Waals surface area contributed by atoms with Crippen molar-refractivity contribution in [3.63, 3.8) is 0 Å². The van der Waals surface area contributed by atoms with E-state index in [4.69, 9.17) is 9.47 Å². The van der Waals surface area contributed by atoms with Gasteiger partial charge in [0.25, 0.3) is 5.56 Å². The van der Waals surface area contributed by atoms with Crippen molar-refractivity contribution in [3.8, 4) is 5.75 Å². The van der Waals surface area contributed by atoms with Crippen molar-refractivity contribution in [2.75, 3.05) is 20.8 Å². The van der Waals surface area contributed by atoms with Crippen molar-refractivity contribution >= 4 is 28.4 Å². The first-order valence-corrected chi connectivity index (χ1v) is 10.3. The highest BCUT2D eigenvalue weighted by Gasteiger charge is 2.20. The van der Waals surface area contributed by atoms with Gasteiger partial charge in [-0.3, -0.25) is 14.2 Å². The van der Waals surface area contributed by atoms with Crippen LogP contribution in [0.25, 0.3) is 10.9 Å². The molecule has 0 radical (unpaired) electrons. The second-order valence-corrected chi connectivity index (χ2v) is 7.88. The Bertz CT molecular complexity index is 1050. The van der Waals surface area contributed by atoms with Crippen LogP contribution in [0.5, 0.6) is 5.75 Å². The van der Waals surface area contributed by atoms with Crippen molar-refractivity contribution in [1.82, 2.24) is 9.55 Å². The van der Waals surface area contributed by atoms with Crippen LogP contribution in [0.3, 0.4) is 0 Å². The van der Waals surface area contributed by atoms with E-state index >= 15 is 0 Å². The van der Waals surface area contributed by atoms with Crippen LogP contribution < -0.4 is 10.3 Å². The average molecular weight is 413 g/mol. The summed E-state index contributed by atoms with van der Waals surface area (Å²) in [5.41, 5.74) is 1.13. The molecule has 7 heteroatoms. The number of methoxy groups -OCH3 is 2. The van der Waals surface area contributed by atoms with Crippen LogP contribution in [0, 0.1) is 0 Å². The molecule has 3 rings (SSSR count). The minimum atomic E-state index is -0.398. The molecule has 0 aliphatic carbocycles. The van der Waals surface area contributed by atoms with Crippen LogP contribution >= 0.6 is 11.8 Å². The Kier molecular flexibility index (Phi) is 7.06. The molecule has 2 aromatic carbocycles. The number of ketones is 1. The molecule has 0 spiro atoms. The second-order valence-electron chi connectivity index (χ2n) is 6.57. The van der Waals surface area contributed by atoms with E-state index in [-0.39, 0.29) is 11.3 Å². The maximum absolute atomic E-state index is 13.0. The predicted molar refractivity (Wildman–Crippen MR) is 115 cm³/mol. The van der Waals surface area contributed by atoms with Crippen LogP contribution in [-0.2, 0) is 11.3 Å². The first-order valence-electron chi connectivity index (χ1n) is 9.38. The van der Waals surface area contributed by atoms with Crippen LogP contribution in [-0.4, -0.2) is 41.4 Å². The second kappa shape index (κ2) is 9.71. The van der Waals surface area contributed by atoms with Gasteiger partial charge in [-0.05, 0) is 49.7 Å². The first kappa shape index (κ1) is 21.1. The van der Waals surface area contributed by atoms with E-state index in [0.29, 0.717) is 46.9 Å². The van der Waals surface area contributed by atoms with E-state index in [0.717, 1.165) is 0 Å². The average Bonchev–Trinajstić information content (AvgIpc) is 2.75. The summed E-state index contributed by atoms with van der Waals surface area (Å²) in [5, 5.41) is 0.715. The number of ether oxygens (including phenoxy) is 2. The van der Waals surface area contributed by atoms with Crippen molar-refractivity contribution < 1.29 is 14.3 Å². The lowest BCUT2D eigenvalue weighted by molar-refractivity contribution is 0.0993. The van der Waals surface area contributed by atoms with Gasteiger partial charge in [0, 0.05) is 25.8 Å². The third-order valence-corrected chi connectivity index (χ3v) is 5.67. The molecule has 0 fully saturated rings. The fraction of sp³-hybridized carbons (Fsp3) is 0.318. The predicted octanol–water partition coefficient (Wildman–Crippen LogP) is 3.81. The van der Waals surface area contributed by atoms with Crippen molar-refractivity contribution in [3.05, 3.63) is 64.4 Å². The summed E-state index contributed by atoms with van der Waals surface area (Å²) < 4.78 is 11.9. The topological polar surface area (TPSA) is 70.4 Å². The van der Waals surface area contributed by atoms with Crippen LogP contribution in [0.4, 0.5) is 0 Å². The van der Waals surface area contributed by atoms with Gasteiger partial charge in [0.2, 0.25) is 0 Å². The van der Waals surface area contributed by atoms with E-state index in [1.165, 1.54) is 11.8 Å². The fourth-order valence-corrected chi connectivity index (χ4v) is 4.02. The van der Waals surface area contributed by atoms with Gasteiger partial charge in [-0.15, -0.1) is 0 Å². The fourth-order valence-electron chi connectivity index (χ4n) is 3.00. The summed E-state index contributed by atoms with van der Waals surface area (Å²) in [4.78, 5) is 30.5. The molecule has 0 unspecified atom stereocenters. The lowest BCUT2D eigenvalue weighted by Gasteiger charge is -2.16. The highest BCUT2D eigenvalue weighted by molar-refractivity contribution is 8.00. The van der Waals surface area contributed by atoms with Gasteiger partial charge in [0.05, 0.1) is 23.3 Å². The molecule has 0 N–H and O–H groups in total. The molecule has 0 saturated carbocycles. The monoisotopic (exact) mass is 412 g/mol. The number of hydrogen-bond acceptors (Lipinski definition) is 6. The van der Waals surface area contributed by atoms with Crippen LogP contribution in [0.15, 0.2) is 58.5 Å². The molecular weight excluding hydrogens is 388 g/mol. The summed E-state index contributed by atoms with van der Waals surface area (Å²) >= 11 is 1.30. The lowest BCUT2D eigenvalue weighted by atomic mass is 10.1. The number of Topliss-reactive ketones (excluding diaryl/α,β-unsaturated/α-hetero) is 1. The zero-order valence-corrected chi connectivity index (χ0v) is 17.6.